The third-order valence-corrected chi connectivity index (χ3v) is 4.99. The van der Waals surface area contributed by atoms with Gasteiger partial charge in [0.15, 0.2) is 0 Å². The van der Waals surface area contributed by atoms with Crippen molar-refractivity contribution in [3.63, 3.8) is 0 Å². The van der Waals surface area contributed by atoms with Gasteiger partial charge in [0.05, 0.1) is 11.8 Å². The average Bonchev–Trinajstić information content (AvgIpc) is 3.00. The van der Waals surface area contributed by atoms with Crippen molar-refractivity contribution >= 4 is 11.3 Å². The summed E-state index contributed by atoms with van der Waals surface area (Å²) in [6.07, 6.45) is 3.24. The fourth-order valence-corrected chi connectivity index (χ4v) is 3.69. The van der Waals surface area contributed by atoms with Gasteiger partial charge in [-0.1, -0.05) is 6.42 Å². The molecule has 0 radical (unpaired) electrons. The number of hydrogen-bond donors (Lipinski definition) is 1. The second-order valence-corrected chi connectivity index (χ2v) is 6.62. The first-order valence-electron chi connectivity index (χ1n) is 7.52. The van der Waals surface area contributed by atoms with Gasteiger partial charge in [-0.05, 0) is 39.7 Å². The molecule has 1 aromatic rings. The van der Waals surface area contributed by atoms with Crippen LogP contribution in [0.3, 0.4) is 0 Å². The molecule has 20 heavy (non-hydrogen) atoms. The summed E-state index contributed by atoms with van der Waals surface area (Å²) in [6, 6.07) is 0. The van der Waals surface area contributed by atoms with Crippen molar-refractivity contribution in [1.82, 2.24) is 9.88 Å². The van der Waals surface area contributed by atoms with Gasteiger partial charge in [0, 0.05) is 25.1 Å². The summed E-state index contributed by atoms with van der Waals surface area (Å²) >= 11 is 1.67. The molecule has 1 aromatic heterocycles. The molecule has 1 aliphatic carbocycles. The van der Waals surface area contributed by atoms with Crippen LogP contribution in [0.5, 0.6) is 0 Å². The molecule has 3 atom stereocenters. The second kappa shape index (κ2) is 7.50. The molecular formula is C15H26N2O2S. The Bertz CT molecular complexity index is 410. The lowest BCUT2D eigenvalue weighted by Crippen LogP contribution is -2.29. The largest absolute Gasteiger partial charge is 0.393 e. The van der Waals surface area contributed by atoms with E-state index in [4.69, 9.17) is 4.74 Å². The van der Waals surface area contributed by atoms with Gasteiger partial charge >= 0.3 is 0 Å². The molecule has 0 aromatic carbocycles. The summed E-state index contributed by atoms with van der Waals surface area (Å²) in [6.45, 7) is 6.57. The van der Waals surface area contributed by atoms with Gasteiger partial charge in [-0.15, -0.1) is 11.3 Å². The van der Waals surface area contributed by atoms with Crippen molar-refractivity contribution in [2.45, 2.75) is 51.9 Å². The van der Waals surface area contributed by atoms with Crippen molar-refractivity contribution in [1.29, 1.82) is 0 Å². The second-order valence-electron chi connectivity index (χ2n) is 5.73. The fourth-order valence-electron chi connectivity index (χ4n) is 2.87. The van der Waals surface area contributed by atoms with Gasteiger partial charge in [-0.25, -0.2) is 4.98 Å². The summed E-state index contributed by atoms with van der Waals surface area (Å²) in [5.41, 5.74) is 1.10. The van der Waals surface area contributed by atoms with E-state index in [2.05, 4.69) is 22.3 Å². The molecule has 1 N–H and O–H groups in total. The fraction of sp³-hybridized carbons (Fsp3) is 0.800. The highest BCUT2D eigenvalue weighted by molar-refractivity contribution is 7.09. The Hall–Kier alpha value is -0.490. The Morgan fingerprint density at radius 1 is 1.55 bits per heavy atom. The Morgan fingerprint density at radius 2 is 2.35 bits per heavy atom. The zero-order valence-corrected chi connectivity index (χ0v) is 13.5. The molecule has 114 valence electrons. The van der Waals surface area contributed by atoms with Crippen LogP contribution in [-0.4, -0.2) is 41.3 Å². The maximum atomic E-state index is 9.88. The summed E-state index contributed by atoms with van der Waals surface area (Å²) in [7, 11) is 2.11. The number of aliphatic hydroxyl groups excluding tert-OH is 1. The number of ether oxygens (including phenoxy) is 1. The molecule has 0 aliphatic heterocycles. The first-order valence-corrected chi connectivity index (χ1v) is 8.40. The highest BCUT2D eigenvalue weighted by Crippen LogP contribution is 2.27. The van der Waals surface area contributed by atoms with Crippen LogP contribution in [-0.2, 0) is 11.3 Å². The van der Waals surface area contributed by atoms with E-state index in [0.717, 1.165) is 49.7 Å². The van der Waals surface area contributed by atoms with Crippen molar-refractivity contribution in [3.05, 3.63) is 16.1 Å². The maximum absolute atomic E-state index is 9.88. The van der Waals surface area contributed by atoms with E-state index in [-0.39, 0.29) is 12.2 Å². The van der Waals surface area contributed by atoms with Crippen LogP contribution in [0.1, 0.15) is 49.9 Å². The smallest absolute Gasteiger partial charge is 0.122 e. The zero-order valence-electron chi connectivity index (χ0n) is 12.7. The van der Waals surface area contributed by atoms with Crippen molar-refractivity contribution in [3.8, 4) is 0 Å². The molecule has 0 saturated heterocycles. The van der Waals surface area contributed by atoms with Gasteiger partial charge in [0.2, 0.25) is 0 Å². The highest BCUT2D eigenvalue weighted by atomic mass is 32.1. The lowest BCUT2D eigenvalue weighted by molar-refractivity contribution is 0.0759. The molecule has 0 bridgehead atoms. The monoisotopic (exact) mass is 298 g/mol. The Labute approximate surface area is 125 Å². The van der Waals surface area contributed by atoms with Crippen molar-refractivity contribution in [2.75, 3.05) is 20.2 Å². The number of thiazole rings is 1. The van der Waals surface area contributed by atoms with Gasteiger partial charge in [-0.2, -0.15) is 0 Å². The summed E-state index contributed by atoms with van der Waals surface area (Å²) in [4.78, 5) is 6.92. The number of aromatic nitrogens is 1. The molecule has 1 fully saturated rings. The lowest BCUT2D eigenvalue weighted by Gasteiger charge is -2.22. The first-order chi connectivity index (χ1) is 9.60. The normalized spacial score (nSPS) is 24.4. The molecule has 5 heteroatoms. The first kappa shape index (κ1) is 15.9. The molecule has 1 saturated carbocycles. The minimum absolute atomic E-state index is 0.0840. The van der Waals surface area contributed by atoms with Crippen LogP contribution in [0.25, 0.3) is 0 Å². The maximum Gasteiger partial charge on any atom is 0.122 e. The van der Waals surface area contributed by atoms with Crippen molar-refractivity contribution < 1.29 is 9.84 Å². The molecule has 1 aliphatic rings. The van der Waals surface area contributed by atoms with E-state index in [1.165, 1.54) is 0 Å². The van der Waals surface area contributed by atoms with Gasteiger partial charge in [0.25, 0.3) is 0 Å². The van der Waals surface area contributed by atoms with Crippen LogP contribution in [0.4, 0.5) is 0 Å². The molecule has 3 unspecified atom stereocenters. The molecule has 0 spiro atoms. The van der Waals surface area contributed by atoms with Crippen LogP contribution in [0, 0.1) is 5.92 Å². The number of nitrogens with zero attached hydrogens (tertiary/aromatic N) is 2. The van der Waals surface area contributed by atoms with E-state index in [0.29, 0.717) is 5.92 Å². The molecule has 2 rings (SSSR count). The Morgan fingerprint density at radius 3 is 3.00 bits per heavy atom. The number of rotatable bonds is 7. The third-order valence-electron chi connectivity index (χ3n) is 3.93. The van der Waals surface area contributed by atoms with Gasteiger partial charge < -0.3 is 14.7 Å². The topological polar surface area (TPSA) is 45.6 Å². The van der Waals surface area contributed by atoms with Crippen LogP contribution < -0.4 is 0 Å². The predicted octanol–water partition coefficient (Wildman–Crippen LogP) is 2.83. The quantitative estimate of drug-likeness (QED) is 0.841. The van der Waals surface area contributed by atoms with Crippen LogP contribution in [0.15, 0.2) is 5.38 Å². The minimum atomic E-state index is -0.110. The molecule has 4 nitrogen and oxygen atoms in total. The average molecular weight is 298 g/mol. The van der Waals surface area contributed by atoms with E-state index in [9.17, 15) is 5.11 Å². The van der Waals surface area contributed by atoms with Crippen LogP contribution in [0.2, 0.25) is 0 Å². The van der Waals surface area contributed by atoms with E-state index in [1.807, 2.05) is 13.8 Å². The third kappa shape index (κ3) is 4.25. The Kier molecular flexibility index (Phi) is 5.96. The van der Waals surface area contributed by atoms with E-state index >= 15 is 0 Å². The van der Waals surface area contributed by atoms with Gasteiger partial charge in [-0.3, -0.25) is 0 Å². The summed E-state index contributed by atoms with van der Waals surface area (Å²) in [5, 5.41) is 13.1. The van der Waals surface area contributed by atoms with E-state index in [1.54, 1.807) is 11.3 Å². The Balaban J connectivity index is 1.83. The van der Waals surface area contributed by atoms with Gasteiger partial charge in [0.1, 0.15) is 11.1 Å². The van der Waals surface area contributed by atoms with E-state index < -0.39 is 0 Å². The minimum Gasteiger partial charge on any atom is -0.393 e. The standard InChI is InChI=1S/C15H26N2O2S/c1-4-19-11(2)15-16-13(10-20-15)9-17(3)8-12-6-5-7-14(12)18/h10-12,14,18H,4-9H2,1-3H3. The highest BCUT2D eigenvalue weighted by Gasteiger charge is 2.26. The SMILES string of the molecule is CCOC(C)c1nc(CN(C)CC2CCCC2O)cs1. The zero-order chi connectivity index (χ0) is 14.5. The van der Waals surface area contributed by atoms with Crippen molar-refractivity contribution in [2.24, 2.45) is 5.92 Å². The molecule has 1 heterocycles. The predicted molar refractivity (Wildman–Crippen MR) is 81.8 cm³/mol. The number of hydrogen-bond acceptors (Lipinski definition) is 5. The molecule has 0 amide bonds. The number of aliphatic hydroxyl groups is 1. The lowest BCUT2D eigenvalue weighted by atomic mass is 10.1. The summed E-state index contributed by atoms with van der Waals surface area (Å²) in [5.74, 6) is 0.431. The summed E-state index contributed by atoms with van der Waals surface area (Å²) < 4.78 is 5.57. The molecular weight excluding hydrogens is 272 g/mol. The van der Waals surface area contributed by atoms with Crippen LogP contribution >= 0.6 is 11.3 Å².